The van der Waals surface area contributed by atoms with Gasteiger partial charge in [0.2, 0.25) is 0 Å². The molecule has 3 heteroatoms. The van der Waals surface area contributed by atoms with E-state index in [0.717, 1.165) is 25.0 Å². The van der Waals surface area contributed by atoms with Crippen molar-refractivity contribution in [2.75, 3.05) is 19.5 Å². The molecule has 20 heavy (non-hydrogen) atoms. The molecule has 2 N–H and O–H groups in total. The Hall–Kier alpha value is -2.00. The molecule has 2 rings (SSSR count). The number of hydrogen-bond donors (Lipinski definition) is 1. The molecule has 0 amide bonds. The second-order valence-corrected chi connectivity index (χ2v) is 4.72. The molecule has 3 nitrogen and oxygen atoms in total. The summed E-state index contributed by atoms with van der Waals surface area (Å²) < 4.78 is 10.8. The van der Waals surface area contributed by atoms with Crippen LogP contribution in [-0.2, 0) is 17.8 Å². The van der Waals surface area contributed by atoms with Gasteiger partial charge in [-0.2, -0.15) is 0 Å². The van der Waals surface area contributed by atoms with Gasteiger partial charge in [0.15, 0.2) is 0 Å². The number of methoxy groups -OCH3 is 1. The second kappa shape index (κ2) is 7.56. The fourth-order valence-corrected chi connectivity index (χ4v) is 2.09. The molecule has 106 valence electrons. The summed E-state index contributed by atoms with van der Waals surface area (Å²) in [5, 5.41) is 0. The number of nitrogens with two attached hydrogens (primary N) is 1. The summed E-state index contributed by atoms with van der Waals surface area (Å²) in [4.78, 5) is 0. The summed E-state index contributed by atoms with van der Waals surface area (Å²) in [6, 6.07) is 16.2. The first kappa shape index (κ1) is 14.4. The highest BCUT2D eigenvalue weighted by atomic mass is 16.5. The summed E-state index contributed by atoms with van der Waals surface area (Å²) in [7, 11) is 1.62. The molecule has 0 radical (unpaired) electrons. The molecule has 0 atom stereocenters. The van der Waals surface area contributed by atoms with Crippen LogP contribution in [0.4, 0.5) is 5.69 Å². The minimum Gasteiger partial charge on any atom is -0.495 e. The van der Waals surface area contributed by atoms with Crippen LogP contribution in [0.5, 0.6) is 5.75 Å². The van der Waals surface area contributed by atoms with E-state index in [1.807, 2.05) is 24.3 Å². The molecule has 0 saturated heterocycles. The Morgan fingerprint density at radius 2 is 1.80 bits per heavy atom. The third kappa shape index (κ3) is 4.28. The van der Waals surface area contributed by atoms with E-state index in [9.17, 15) is 0 Å². The molecule has 0 unspecified atom stereocenters. The number of rotatable bonds is 7. The van der Waals surface area contributed by atoms with Crippen LogP contribution in [0, 0.1) is 0 Å². The first-order valence-corrected chi connectivity index (χ1v) is 6.83. The maximum Gasteiger partial charge on any atom is 0.141 e. The van der Waals surface area contributed by atoms with E-state index in [1.54, 1.807) is 7.11 Å². The van der Waals surface area contributed by atoms with Gasteiger partial charge in [0.1, 0.15) is 5.75 Å². The third-order valence-electron chi connectivity index (χ3n) is 3.16. The van der Waals surface area contributed by atoms with E-state index in [4.69, 9.17) is 15.2 Å². The van der Waals surface area contributed by atoms with Gasteiger partial charge in [-0.25, -0.2) is 0 Å². The Bertz CT molecular complexity index is 526. The first-order chi connectivity index (χ1) is 9.79. The Labute approximate surface area is 120 Å². The topological polar surface area (TPSA) is 44.5 Å². The number of hydrogen-bond acceptors (Lipinski definition) is 3. The fourth-order valence-electron chi connectivity index (χ4n) is 2.09. The van der Waals surface area contributed by atoms with Crippen LogP contribution in [0.3, 0.4) is 0 Å². The summed E-state index contributed by atoms with van der Waals surface area (Å²) in [5.41, 5.74) is 8.93. The van der Waals surface area contributed by atoms with Crippen LogP contribution in [0.25, 0.3) is 0 Å². The van der Waals surface area contributed by atoms with E-state index in [2.05, 4.69) is 24.3 Å². The molecule has 0 spiro atoms. The molecule has 0 fully saturated rings. The summed E-state index contributed by atoms with van der Waals surface area (Å²) in [5.74, 6) is 0.706. The Balaban J connectivity index is 1.69. The standard InChI is InChI=1S/C17H21NO2/c1-19-17-10-9-15(12-16(17)18)13-20-11-5-8-14-6-3-2-4-7-14/h2-4,6-7,9-10,12H,5,8,11,13,18H2,1H3. The molecule has 2 aromatic rings. The Morgan fingerprint density at radius 3 is 2.50 bits per heavy atom. The first-order valence-electron chi connectivity index (χ1n) is 6.83. The zero-order valence-corrected chi connectivity index (χ0v) is 11.8. The molecule has 0 saturated carbocycles. The van der Waals surface area contributed by atoms with Crippen molar-refractivity contribution in [2.24, 2.45) is 0 Å². The number of nitrogen functional groups attached to an aromatic ring is 1. The van der Waals surface area contributed by atoms with E-state index in [-0.39, 0.29) is 0 Å². The predicted octanol–water partition coefficient (Wildman–Crippen LogP) is 3.43. The van der Waals surface area contributed by atoms with Gasteiger partial charge >= 0.3 is 0 Å². The van der Waals surface area contributed by atoms with E-state index in [1.165, 1.54) is 5.56 Å². The molecular formula is C17H21NO2. The monoisotopic (exact) mass is 271 g/mol. The highest BCUT2D eigenvalue weighted by Crippen LogP contribution is 2.22. The molecular weight excluding hydrogens is 250 g/mol. The van der Waals surface area contributed by atoms with Crippen molar-refractivity contribution in [3.05, 3.63) is 59.7 Å². The zero-order valence-electron chi connectivity index (χ0n) is 11.8. The van der Waals surface area contributed by atoms with Crippen molar-refractivity contribution in [1.29, 1.82) is 0 Å². The van der Waals surface area contributed by atoms with Crippen LogP contribution >= 0.6 is 0 Å². The van der Waals surface area contributed by atoms with Crippen LogP contribution in [0.15, 0.2) is 48.5 Å². The number of benzene rings is 2. The minimum absolute atomic E-state index is 0.586. The Kier molecular flexibility index (Phi) is 5.44. The summed E-state index contributed by atoms with van der Waals surface area (Å²) in [6.45, 7) is 1.34. The lowest BCUT2D eigenvalue weighted by Gasteiger charge is -2.08. The smallest absolute Gasteiger partial charge is 0.141 e. The lowest BCUT2D eigenvalue weighted by molar-refractivity contribution is 0.118. The molecule has 0 aliphatic heterocycles. The molecule has 0 heterocycles. The minimum atomic E-state index is 0.586. The second-order valence-electron chi connectivity index (χ2n) is 4.72. The van der Waals surface area contributed by atoms with Crippen LogP contribution in [0.1, 0.15) is 17.5 Å². The van der Waals surface area contributed by atoms with Crippen molar-refractivity contribution in [1.82, 2.24) is 0 Å². The maximum atomic E-state index is 5.86. The number of anilines is 1. The van der Waals surface area contributed by atoms with Crippen molar-refractivity contribution < 1.29 is 9.47 Å². The van der Waals surface area contributed by atoms with E-state index in [0.29, 0.717) is 18.0 Å². The van der Waals surface area contributed by atoms with Gasteiger partial charge in [-0.05, 0) is 36.1 Å². The summed E-state index contributed by atoms with van der Waals surface area (Å²) in [6.07, 6.45) is 2.07. The average Bonchev–Trinajstić information content (AvgIpc) is 2.48. The van der Waals surface area contributed by atoms with Gasteiger partial charge in [-0.3, -0.25) is 0 Å². The quantitative estimate of drug-likeness (QED) is 0.620. The SMILES string of the molecule is COc1ccc(COCCCc2ccccc2)cc1N. The van der Waals surface area contributed by atoms with Gasteiger partial charge in [0.05, 0.1) is 19.4 Å². The largest absolute Gasteiger partial charge is 0.495 e. The molecule has 0 aliphatic rings. The summed E-state index contributed by atoms with van der Waals surface area (Å²) >= 11 is 0. The van der Waals surface area contributed by atoms with Crippen LogP contribution < -0.4 is 10.5 Å². The third-order valence-corrected chi connectivity index (χ3v) is 3.16. The van der Waals surface area contributed by atoms with Gasteiger partial charge in [-0.15, -0.1) is 0 Å². The molecule has 0 aliphatic carbocycles. The molecule has 0 bridgehead atoms. The zero-order chi connectivity index (χ0) is 14.2. The predicted molar refractivity (Wildman–Crippen MR) is 81.8 cm³/mol. The van der Waals surface area contributed by atoms with E-state index < -0.39 is 0 Å². The van der Waals surface area contributed by atoms with Crippen LogP contribution in [-0.4, -0.2) is 13.7 Å². The van der Waals surface area contributed by atoms with Gasteiger partial charge in [-0.1, -0.05) is 36.4 Å². The van der Waals surface area contributed by atoms with E-state index >= 15 is 0 Å². The number of ether oxygens (including phenoxy) is 2. The van der Waals surface area contributed by atoms with Crippen molar-refractivity contribution >= 4 is 5.69 Å². The van der Waals surface area contributed by atoms with Gasteiger partial charge in [0, 0.05) is 6.61 Å². The fraction of sp³-hybridized carbons (Fsp3) is 0.294. The molecule has 2 aromatic carbocycles. The lowest BCUT2D eigenvalue weighted by atomic mass is 10.1. The normalized spacial score (nSPS) is 10.4. The lowest BCUT2D eigenvalue weighted by Crippen LogP contribution is -1.99. The van der Waals surface area contributed by atoms with Crippen molar-refractivity contribution in [2.45, 2.75) is 19.4 Å². The molecule has 0 aromatic heterocycles. The average molecular weight is 271 g/mol. The van der Waals surface area contributed by atoms with Gasteiger partial charge < -0.3 is 15.2 Å². The maximum absolute atomic E-state index is 5.86. The van der Waals surface area contributed by atoms with Crippen LogP contribution in [0.2, 0.25) is 0 Å². The highest BCUT2D eigenvalue weighted by molar-refractivity contribution is 5.54. The number of aryl methyl sites for hydroxylation is 1. The highest BCUT2D eigenvalue weighted by Gasteiger charge is 2.01. The van der Waals surface area contributed by atoms with Gasteiger partial charge in [0.25, 0.3) is 0 Å². The van der Waals surface area contributed by atoms with Crippen molar-refractivity contribution in [3.63, 3.8) is 0 Å². The van der Waals surface area contributed by atoms with Crippen molar-refractivity contribution in [3.8, 4) is 5.75 Å². The Morgan fingerprint density at radius 1 is 1.00 bits per heavy atom.